The van der Waals surface area contributed by atoms with E-state index in [1.807, 2.05) is 36.4 Å². The number of hydrogen-bond donors (Lipinski definition) is 2. The maximum atomic E-state index is 10.7. The van der Waals surface area contributed by atoms with Gasteiger partial charge < -0.3 is 14.9 Å². The van der Waals surface area contributed by atoms with Crippen molar-refractivity contribution in [3.05, 3.63) is 59.6 Å². The molecule has 0 atom stereocenters. The van der Waals surface area contributed by atoms with Gasteiger partial charge in [-0.25, -0.2) is 4.79 Å². The number of ether oxygens (including phenoxy) is 1. The number of halogens is 1. The molecule has 2 N–H and O–H groups in total. The molecule has 186 valence electrons. The summed E-state index contributed by atoms with van der Waals surface area (Å²) in [4.78, 5) is 10.7. The zero-order chi connectivity index (χ0) is 24.6. The molecule has 3 aromatic rings. The molecule has 0 bridgehead atoms. The van der Waals surface area contributed by atoms with E-state index in [0.29, 0.717) is 29.2 Å². The Morgan fingerprint density at radius 1 is 1.06 bits per heavy atom. The lowest BCUT2D eigenvalue weighted by molar-refractivity contribution is -0.142. The average molecular weight is 515 g/mol. The molecule has 0 aliphatic heterocycles. The fourth-order valence-corrected chi connectivity index (χ4v) is 5.80. The molecule has 1 fully saturated rings. The molecule has 1 heterocycles. The first-order chi connectivity index (χ1) is 17.0. The Bertz CT molecular complexity index is 1110. The number of carbonyl (C=O) groups is 1. The quantitative estimate of drug-likeness (QED) is 0.312. The molecule has 8 heteroatoms. The van der Waals surface area contributed by atoms with Crippen LogP contribution in [0.25, 0.3) is 22.4 Å². The maximum absolute atomic E-state index is 10.7. The fourth-order valence-electron chi connectivity index (χ4n) is 4.70. The summed E-state index contributed by atoms with van der Waals surface area (Å²) in [7, 11) is 0. The van der Waals surface area contributed by atoms with E-state index < -0.39 is 5.97 Å². The second-order valence-corrected chi connectivity index (χ2v) is 10.5. The summed E-state index contributed by atoms with van der Waals surface area (Å²) in [5, 5.41) is 25.2. The Morgan fingerprint density at radius 2 is 1.77 bits per heavy atom. The van der Waals surface area contributed by atoms with Crippen LogP contribution in [-0.4, -0.2) is 51.5 Å². The Labute approximate surface area is 215 Å². The Balaban J connectivity index is 1.60. The normalized spacial score (nSPS) is 18.0. The van der Waals surface area contributed by atoms with Crippen LogP contribution in [0.3, 0.4) is 0 Å². The second kappa shape index (κ2) is 12.6. The van der Waals surface area contributed by atoms with Crippen LogP contribution in [0, 0.1) is 11.8 Å². The molecular formula is C27H31ClN2O4S. The van der Waals surface area contributed by atoms with Gasteiger partial charge in [0.2, 0.25) is 0 Å². The Morgan fingerprint density at radius 3 is 2.46 bits per heavy atom. The van der Waals surface area contributed by atoms with Gasteiger partial charge in [-0.1, -0.05) is 54.1 Å². The second-order valence-electron chi connectivity index (χ2n) is 8.95. The number of hydrogen-bond acceptors (Lipinski definition) is 5. The fraction of sp³-hybridized carbons (Fsp3) is 0.407. The highest BCUT2D eigenvalue weighted by Gasteiger charge is 2.26. The number of carboxylic acids is 1. The van der Waals surface area contributed by atoms with Crippen molar-refractivity contribution in [2.45, 2.75) is 37.3 Å². The summed E-state index contributed by atoms with van der Waals surface area (Å²) in [6, 6.07) is 18.0. The number of thioether (sulfide) groups is 1. The SMILES string of the molecule is O=C(O)COCC1CCC(Cn2nc(-c3ccccc3)c(-c3cccc(Cl)c3)c2SCCO)CC1. The van der Waals surface area contributed by atoms with Crippen molar-refractivity contribution in [3.8, 4) is 22.4 Å². The third-order valence-corrected chi connectivity index (χ3v) is 7.68. The smallest absolute Gasteiger partial charge is 0.329 e. The topological polar surface area (TPSA) is 84.6 Å². The van der Waals surface area contributed by atoms with Crippen molar-refractivity contribution in [2.75, 3.05) is 25.6 Å². The number of carboxylic acid groups (broad SMARTS) is 1. The molecule has 1 aliphatic carbocycles. The molecule has 0 unspecified atom stereocenters. The van der Waals surface area contributed by atoms with Crippen LogP contribution < -0.4 is 0 Å². The van der Waals surface area contributed by atoms with Crippen molar-refractivity contribution >= 4 is 29.3 Å². The van der Waals surface area contributed by atoms with Crippen LogP contribution >= 0.6 is 23.4 Å². The third-order valence-electron chi connectivity index (χ3n) is 6.37. The zero-order valence-electron chi connectivity index (χ0n) is 19.6. The van der Waals surface area contributed by atoms with Crippen LogP contribution in [0.1, 0.15) is 25.7 Å². The van der Waals surface area contributed by atoms with Gasteiger partial charge in [-0.05, 0) is 55.2 Å². The summed E-state index contributed by atoms with van der Waals surface area (Å²) in [6.07, 6.45) is 4.16. The van der Waals surface area contributed by atoms with Crippen LogP contribution in [0.5, 0.6) is 0 Å². The zero-order valence-corrected chi connectivity index (χ0v) is 21.2. The van der Waals surface area contributed by atoms with E-state index in [4.69, 9.17) is 26.5 Å². The van der Waals surface area contributed by atoms with E-state index >= 15 is 0 Å². The number of nitrogens with zero attached hydrogens (tertiary/aromatic N) is 2. The number of rotatable bonds is 11. The third kappa shape index (κ3) is 6.88. The minimum Gasteiger partial charge on any atom is -0.480 e. The van der Waals surface area contributed by atoms with Crippen molar-refractivity contribution in [1.29, 1.82) is 0 Å². The van der Waals surface area contributed by atoms with E-state index in [2.05, 4.69) is 22.9 Å². The van der Waals surface area contributed by atoms with E-state index in [1.165, 1.54) is 0 Å². The van der Waals surface area contributed by atoms with Crippen molar-refractivity contribution in [3.63, 3.8) is 0 Å². The lowest BCUT2D eigenvalue weighted by Gasteiger charge is -2.28. The van der Waals surface area contributed by atoms with Gasteiger partial charge in [-0.2, -0.15) is 5.10 Å². The molecule has 6 nitrogen and oxygen atoms in total. The molecule has 35 heavy (non-hydrogen) atoms. The van der Waals surface area contributed by atoms with E-state index in [9.17, 15) is 9.90 Å². The lowest BCUT2D eigenvalue weighted by Crippen LogP contribution is -2.23. The standard InChI is InChI=1S/C27H31ClN2O4S/c28-23-8-4-7-22(15-23)25-26(21-5-2-1-3-6-21)29-30(27(25)35-14-13-31)16-19-9-11-20(12-10-19)17-34-18-24(32)33/h1-8,15,19-20,31H,9-14,16-18H2,(H,32,33). The molecule has 0 saturated heterocycles. The molecule has 1 aromatic heterocycles. The number of aromatic nitrogens is 2. The number of benzene rings is 2. The molecular weight excluding hydrogens is 484 g/mol. The Kier molecular flexibility index (Phi) is 9.26. The number of aliphatic hydroxyl groups excluding tert-OH is 1. The first-order valence-corrected chi connectivity index (χ1v) is 13.4. The molecule has 1 saturated carbocycles. The summed E-state index contributed by atoms with van der Waals surface area (Å²) in [6.45, 7) is 1.17. The molecule has 0 amide bonds. The van der Waals surface area contributed by atoms with Crippen molar-refractivity contribution in [2.24, 2.45) is 11.8 Å². The molecule has 1 aliphatic rings. The summed E-state index contributed by atoms with van der Waals surface area (Å²) in [5.74, 6) is 0.555. The highest BCUT2D eigenvalue weighted by Crippen LogP contribution is 2.41. The van der Waals surface area contributed by atoms with Gasteiger partial charge >= 0.3 is 5.97 Å². The van der Waals surface area contributed by atoms with Gasteiger partial charge in [0, 0.05) is 28.4 Å². The highest BCUT2D eigenvalue weighted by molar-refractivity contribution is 7.99. The summed E-state index contributed by atoms with van der Waals surface area (Å²) < 4.78 is 7.44. The van der Waals surface area contributed by atoms with Crippen molar-refractivity contribution in [1.82, 2.24) is 9.78 Å². The van der Waals surface area contributed by atoms with Crippen molar-refractivity contribution < 1.29 is 19.7 Å². The molecule has 4 rings (SSSR count). The number of aliphatic carboxylic acids is 1. The van der Waals surface area contributed by atoms with Crippen LogP contribution in [0.15, 0.2) is 59.6 Å². The highest BCUT2D eigenvalue weighted by atomic mass is 35.5. The Hall–Kier alpha value is -2.32. The van der Waals surface area contributed by atoms with Crippen LogP contribution in [0.4, 0.5) is 0 Å². The van der Waals surface area contributed by atoms with Gasteiger partial charge in [0.05, 0.1) is 13.2 Å². The van der Waals surface area contributed by atoms with Gasteiger partial charge in [-0.15, -0.1) is 11.8 Å². The lowest BCUT2D eigenvalue weighted by atomic mass is 9.82. The predicted molar refractivity (Wildman–Crippen MR) is 140 cm³/mol. The van der Waals surface area contributed by atoms with E-state index in [1.54, 1.807) is 11.8 Å². The van der Waals surface area contributed by atoms with E-state index in [0.717, 1.165) is 59.6 Å². The molecule has 0 spiro atoms. The monoisotopic (exact) mass is 514 g/mol. The van der Waals surface area contributed by atoms with Crippen LogP contribution in [0.2, 0.25) is 5.02 Å². The summed E-state index contributed by atoms with van der Waals surface area (Å²) >= 11 is 7.99. The molecule has 2 aromatic carbocycles. The maximum Gasteiger partial charge on any atom is 0.329 e. The van der Waals surface area contributed by atoms with Gasteiger partial charge in [0.1, 0.15) is 17.3 Å². The van der Waals surface area contributed by atoms with Gasteiger partial charge in [-0.3, -0.25) is 4.68 Å². The first-order valence-electron chi connectivity index (χ1n) is 12.0. The minimum absolute atomic E-state index is 0.0902. The average Bonchev–Trinajstić information content (AvgIpc) is 3.22. The van der Waals surface area contributed by atoms with Crippen LogP contribution in [-0.2, 0) is 16.1 Å². The minimum atomic E-state index is -0.921. The first kappa shape index (κ1) is 25.8. The summed E-state index contributed by atoms with van der Waals surface area (Å²) in [5.41, 5.74) is 4.03. The molecule has 0 radical (unpaired) electrons. The van der Waals surface area contributed by atoms with Gasteiger partial charge in [0.25, 0.3) is 0 Å². The predicted octanol–water partition coefficient (Wildman–Crippen LogP) is 5.86. The van der Waals surface area contributed by atoms with Gasteiger partial charge in [0.15, 0.2) is 0 Å². The number of aliphatic hydroxyl groups is 1. The van der Waals surface area contributed by atoms with E-state index in [-0.39, 0.29) is 13.2 Å². The largest absolute Gasteiger partial charge is 0.480 e.